The summed E-state index contributed by atoms with van der Waals surface area (Å²) >= 11 is 0. The summed E-state index contributed by atoms with van der Waals surface area (Å²) in [4.78, 5) is 10.6. The van der Waals surface area contributed by atoms with Gasteiger partial charge in [0.25, 0.3) is 0 Å². The van der Waals surface area contributed by atoms with Crippen molar-refractivity contribution in [2.24, 2.45) is 0 Å². The summed E-state index contributed by atoms with van der Waals surface area (Å²) in [6, 6.07) is 0. The molecule has 0 aromatic carbocycles. The summed E-state index contributed by atoms with van der Waals surface area (Å²) < 4.78 is 5.76. The van der Waals surface area contributed by atoms with Gasteiger partial charge in [-0.05, 0) is 26.9 Å². The minimum absolute atomic E-state index is 0.690. The van der Waals surface area contributed by atoms with E-state index in [0.29, 0.717) is 6.61 Å². The number of aromatic nitrogens is 2. The van der Waals surface area contributed by atoms with Crippen LogP contribution in [0.1, 0.15) is 25.3 Å². The van der Waals surface area contributed by atoms with Gasteiger partial charge in [-0.3, -0.25) is 0 Å². The molecule has 0 amide bonds. The van der Waals surface area contributed by atoms with Crippen LogP contribution >= 0.6 is 0 Å². The number of nitrogens with one attached hydrogen (secondary N) is 1. The van der Waals surface area contributed by atoms with Gasteiger partial charge in [0.2, 0.25) is 5.88 Å². The zero-order valence-corrected chi connectivity index (χ0v) is 11.9. The van der Waals surface area contributed by atoms with E-state index in [1.807, 2.05) is 7.05 Å². The molecule has 0 saturated carbocycles. The summed E-state index contributed by atoms with van der Waals surface area (Å²) in [7, 11) is 6.00. The van der Waals surface area contributed by atoms with E-state index in [9.17, 15) is 0 Å². The Hall–Kier alpha value is -1.36. The predicted molar refractivity (Wildman–Crippen MR) is 74.2 cm³/mol. The summed E-state index contributed by atoms with van der Waals surface area (Å²) in [6.07, 6.45) is 4.53. The van der Waals surface area contributed by atoms with Crippen molar-refractivity contribution in [2.75, 3.05) is 39.6 Å². The van der Waals surface area contributed by atoms with Crippen molar-refractivity contribution in [1.29, 1.82) is 0 Å². The maximum atomic E-state index is 5.76. The lowest BCUT2D eigenvalue weighted by molar-refractivity contribution is 0.270. The molecule has 5 nitrogen and oxygen atoms in total. The molecule has 0 saturated heterocycles. The lowest BCUT2D eigenvalue weighted by Gasteiger charge is -2.14. The highest BCUT2D eigenvalue weighted by molar-refractivity contribution is 5.48. The van der Waals surface area contributed by atoms with Crippen molar-refractivity contribution in [3.8, 4) is 5.88 Å². The average molecular weight is 252 g/mol. The van der Waals surface area contributed by atoms with Crippen LogP contribution in [0.4, 0.5) is 5.82 Å². The molecule has 1 N–H and O–H groups in total. The van der Waals surface area contributed by atoms with Crippen molar-refractivity contribution in [1.82, 2.24) is 14.9 Å². The first-order valence-corrected chi connectivity index (χ1v) is 6.48. The van der Waals surface area contributed by atoms with Gasteiger partial charge in [-0.1, -0.05) is 13.3 Å². The van der Waals surface area contributed by atoms with E-state index in [2.05, 4.69) is 41.2 Å². The average Bonchev–Trinajstić information content (AvgIpc) is 2.36. The third-order valence-electron chi connectivity index (χ3n) is 2.63. The topological polar surface area (TPSA) is 50.3 Å². The highest BCUT2D eigenvalue weighted by Gasteiger charge is 2.10. The SMILES string of the molecule is CCCc1c(NC)ncnc1OCCCN(C)C. The lowest BCUT2D eigenvalue weighted by atomic mass is 10.2. The second-order valence-corrected chi connectivity index (χ2v) is 4.51. The minimum Gasteiger partial charge on any atom is -0.477 e. The Kier molecular flexibility index (Phi) is 6.43. The predicted octanol–water partition coefficient (Wildman–Crippen LogP) is 1.80. The standard InChI is InChI=1S/C13H24N4O/c1-5-7-11-12(14-2)15-10-16-13(11)18-9-6-8-17(3)4/h10H,5-9H2,1-4H3,(H,14,15,16). The molecular weight excluding hydrogens is 228 g/mol. The number of hydrogen-bond donors (Lipinski definition) is 1. The van der Waals surface area contributed by atoms with Crippen molar-refractivity contribution in [3.05, 3.63) is 11.9 Å². The van der Waals surface area contributed by atoms with Crippen LogP contribution in [0, 0.1) is 0 Å². The van der Waals surface area contributed by atoms with Gasteiger partial charge in [0, 0.05) is 13.6 Å². The largest absolute Gasteiger partial charge is 0.477 e. The zero-order chi connectivity index (χ0) is 13.4. The Bertz CT molecular complexity index is 355. The molecule has 0 aliphatic carbocycles. The van der Waals surface area contributed by atoms with Gasteiger partial charge in [-0.25, -0.2) is 9.97 Å². The fourth-order valence-corrected chi connectivity index (χ4v) is 1.76. The maximum absolute atomic E-state index is 5.76. The van der Waals surface area contributed by atoms with Crippen LogP contribution in [-0.2, 0) is 6.42 Å². The van der Waals surface area contributed by atoms with Gasteiger partial charge >= 0.3 is 0 Å². The number of hydrogen-bond acceptors (Lipinski definition) is 5. The fourth-order valence-electron chi connectivity index (χ4n) is 1.76. The van der Waals surface area contributed by atoms with Crippen LogP contribution in [0.2, 0.25) is 0 Å². The van der Waals surface area contributed by atoms with Crippen LogP contribution in [0.25, 0.3) is 0 Å². The molecule has 0 bridgehead atoms. The molecule has 1 heterocycles. The third kappa shape index (κ3) is 4.49. The van der Waals surface area contributed by atoms with Crippen molar-refractivity contribution >= 4 is 5.82 Å². The Labute approximate surface area is 110 Å². The van der Waals surface area contributed by atoms with Crippen molar-refractivity contribution in [2.45, 2.75) is 26.2 Å². The Morgan fingerprint density at radius 3 is 2.72 bits per heavy atom. The molecule has 1 aromatic heterocycles. The third-order valence-corrected chi connectivity index (χ3v) is 2.63. The first-order valence-electron chi connectivity index (χ1n) is 6.48. The first-order chi connectivity index (χ1) is 8.69. The van der Waals surface area contributed by atoms with Gasteiger partial charge in [-0.15, -0.1) is 0 Å². The molecule has 5 heteroatoms. The molecule has 1 aromatic rings. The molecule has 18 heavy (non-hydrogen) atoms. The van der Waals surface area contributed by atoms with E-state index in [1.165, 1.54) is 0 Å². The zero-order valence-electron chi connectivity index (χ0n) is 11.9. The number of rotatable bonds is 8. The lowest BCUT2D eigenvalue weighted by Crippen LogP contribution is -2.16. The minimum atomic E-state index is 0.690. The number of anilines is 1. The number of nitrogens with zero attached hydrogens (tertiary/aromatic N) is 3. The molecule has 0 radical (unpaired) electrons. The van der Waals surface area contributed by atoms with E-state index in [-0.39, 0.29) is 0 Å². The van der Waals surface area contributed by atoms with Crippen LogP contribution in [0.3, 0.4) is 0 Å². The monoisotopic (exact) mass is 252 g/mol. The van der Waals surface area contributed by atoms with E-state index in [0.717, 1.165) is 43.1 Å². The molecule has 0 aliphatic rings. The van der Waals surface area contributed by atoms with Crippen LogP contribution in [0.5, 0.6) is 5.88 Å². The normalized spacial score (nSPS) is 10.7. The van der Waals surface area contributed by atoms with E-state index < -0.39 is 0 Å². The first kappa shape index (κ1) is 14.7. The summed E-state index contributed by atoms with van der Waals surface area (Å²) in [6.45, 7) is 3.85. The summed E-state index contributed by atoms with van der Waals surface area (Å²) in [5.74, 6) is 1.59. The van der Waals surface area contributed by atoms with Gasteiger partial charge < -0.3 is 15.0 Å². The maximum Gasteiger partial charge on any atom is 0.221 e. The molecule has 0 aliphatic heterocycles. The summed E-state index contributed by atoms with van der Waals surface area (Å²) in [5.41, 5.74) is 1.08. The number of ether oxygens (including phenoxy) is 1. The van der Waals surface area contributed by atoms with E-state index in [4.69, 9.17) is 4.74 Å². The Morgan fingerprint density at radius 1 is 1.33 bits per heavy atom. The smallest absolute Gasteiger partial charge is 0.221 e. The van der Waals surface area contributed by atoms with Crippen LogP contribution in [0.15, 0.2) is 6.33 Å². The molecule has 1 rings (SSSR count). The molecule has 0 atom stereocenters. The Morgan fingerprint density at radius 2 is 2.11 bits per heavy atom. The fraction of sp³-hybridized carbons (Fsp3) is 0.692. The second-order valence-electron chi connectivity index (χ2n) is 4.51. The highest BCUT2D eigenvalue weighted by atomic mass is 16.5. The van der Waals surface area contributed by atoms with Crippen LogP contribution in [-0.4, -0.2) is 49.2 Å². The van der Waals surface area contributed by atoms with E-state index >= 15 is 0 Å². The quantitative estimate of drug-likeness (QED) is 0.715. The molecule has 0 unspecified atom stereocenters. The van der Waals surface area contributed by atoms with E-state index in [1.54, 1.807) is 6.33 Å². The molecule has 0 spiro atoms. The highest BCUT2D eigenvalue weighted by Crippen LogP contribution is 2.23. The molecule has 0 fully saturated rings. The van der Waals surface area contributed by atoms with Gasteiger partial charge in [0.1, 0.15) is 12.1 Å². The van der Waals surface area contributed by atoms with Crippen molar-refractivity contribution in [3.63, 3.8) is 0 Å². The van der Waals surface area contributed by atoms with Gasteiger partial charge in [0.05, 0.1) is 12.2 Å². The van der Waals surface area contributed by atoms with Gasteiger partial charge in [0.15, 0.2) is 0 Å². The molecular formula is C13H24N4O. The second kappa shape index (κ2) is 7.87. The Balaban J connectivity index is 2.63. The van der Waals surface area contributed by atoms with Gasteiger partial charge in [-0.2, -0.15) is 0 Å². The summed E-state index contributed by atoms with van der Waals surface area (Å²) in [5, 5.41) is 3.09. The van der Waals surface area contributed by atoms with Crippen molar-refractivity contribution < 1.29 is 4.74 Å². The van der Waals surface area contributed by atoms with Crippen LogP contribution < -0.4 is 10.1 Å². The molecule has 102 valence electrons.